The molecule has 0 spiro atoms. The van der Waals surface area contributed by atoms with Gasteiger partial charge in [0.15, 0.2) is 5.58 Å². The third kappa shape index (κ3) is 8.45. The van der Waals surface area contributed by atoms with Gasteiger partial charge in [-0.3, -0.25) is 9.37 Å². The summed E-state index contributed by atoms with van der Waals surface area (Å²) in [6.45, 7) is 19.7. The summed E-state index contributed by atoms with van der Waals surface area (Å²) in [7, 11) is -1.49. The number of nitrogens with zero attached hydrogens (tertiary/aromatic N) is 3. The summed E-state index contributed by atoms with van der Waals surface area (Å²) in [4.78, 5) is 14.2. The van der Waals surface area contributed by atoms with E-state index < -0.39 is 8.07 Å². The Morgan fingerprint density at radius 1 is 0.712 bits per heavy atom. The Morgan fingerprint density at radius 2 is 1.39 bits per heavy atom. The van der Waals surface area contributed by atoms with Gasteiger partial charge in [-0.15, -0.1) is 36.4 Å². The molecule has 1 atom stereocenters. The van der Waals surface area contributed by atoms with Gasteiger partial charge < -0.3 is 18.8 Å². The fourth-order valence-electron chi connectivity index (χ4n) is 7.85. The molecule has 8 heteroatoms. The first-order valence-electron chi connectivity index (χ1n) is 19.9. The van der Waals surface area contributed by atoms with Crippen LogP contribution in [0.5, 0.6) is 0 Å². The van der Waals surface area contributed by atoms with E-state index in [0.717, 1.165) is 72.9 Å². The topological polar surface area (TPSA) is 65.0 Å². The summed E-state index contributed by atoms with van der Waals surface area (Å²) in [5.74, 6) is -0.124. The number of halogens is 1. The van der Waals surface area contributed by atoms with Gasteiger partial charge in [0.1, 0.15) is 11.2 Å². The Bertz CT molecular complexity index is 2960. The van der Waals surface area contributed by atoms with E-state index in [0.29, 0.717) is 16.8 Å². The van der Waals surface area contributed by atoms with Crippen LogP contribution in [0.2, 0.25) is 19.6 Å². The molecular weight excluding hydrogens is 926 g/mol. The van der Waals surface area contributed by atoms with Crippen LogP contribution in [0.25, 0.3) is 66.4 Å². The first-order chi connectivity index (χ1) is 27.7. The van der Waals surface area contributed by atoms with Crippen molar-refractivity contribution in [2.45, 2.75) is 73.5 Å². The largest absolute Gasteiger partial charge is 0.499 e. The third-order valence-corrected chi connectivity index (χ3v) is 12.8. The van der Waals surface area contributed by atoms with Gasteiger partial charge in [0.05, 0.1) is 25.5 Å². The first kappa shape index (κ1) is 41.9. The zero-order valence-corrected chi connectivity index (χ0v) is 38.4. The fraction of sp³-hybridized carbons (Fsp3) is 0.235. The Morgan fingerprint density at radius 3 is 2.14 bits per heavy atom. The fourth-order valence-corrected chi connectivity index (χ4v) is 9.42. The number of para-hydroxylation sites is 1. The van der Waals surface area contributed by atoms with Crippen LogP contribution in [0, 0.1) is 37.2 Å². The van der Waals surface area contributed by atoms with Gasteiger partial charge in [0.2, 0.25) is 0 Å². The van der Waals surface area contributed by atoms with Crippen molar-refractivity contribution >= 4 is 57.1 Å². The van der Waals surface area contributed by atoms with E-state index in [1.54, 1.807) is 25.3 Å². The molecule has 0 aliphatic rings. The third-order valence-electron chi connectivity index (χ3n) is 10.7. The maximum absolute atomic E-state index is 14.4. The quantitative estimate of drug-likeness (QED) is 0.123. The van der Waals surface area contributed by atoms with Gasteiger partial charge in [-0.05, 0) is 53.0 Å². The summed E-state index contributed by atoms with van der Waals surface area (Å²) in [6.07, 6.45) is 4.72. The Labute approximate surface area is 360 Å². The van der Waals surface area contributed by atoms with E-state index in [-0.39, 0.29) is 37.3 Å². The van der Waals surface area contributed by atoms with Gasteiger partial charge in [-0.1, -0.05) is 143 Å². The van der Waals surface area contributed by atoms with Crippen molar-refractivity contribution in [1.82, 2.24) is 15.0 Å². The molecule has 9 aromatic rings. The molecule has 1 radical (unpaired) electrons. The molecule has 5 aromatic heterocycles. The molecule has 9 rings (SSSR count). The molecule has 59 heavy (non-hydrogen) atoms. The number of hydrogen-bond donors (Lipinski definition) is 0. The van der Waals surface area contributed by atoms with Crippen molar-refractivity contribution in [3.05, 3.63) is 155 Å². The number of fused-ring (bicyclic) bond motifs is 6. The molecule has 0 fully saturated rings. The standard InChI is InChI=1S/C31H21N2O2.C20H27FNSi.Ir/c1-18-15-25-22-12-8-13-23(26-16-24-21-11-6-7-14-27(21)34-28(24)17-32-26)30(22)35-31(25)29(33-18)19(2)20-9-4-3-5-10-20;1-14-9-8-10-16(19(14)21)17-11-15(12-20(2,3)4)18(13-22-17)23(5,6)7;/h3-12,14-17,19H,1-2H3;8-9,11,13H,12H2,1-7H3;/q2*-1;. The van der Waals surface area contributed by atoms with E-state index >= 15 is 0 Å². The molecule has 0 aliphatic carbocycles. The summed E-state index contributed by atoms with van der Waals surface area (Å²) in [5.41, 5.74) is 11.2. The minimum atomic E-state index is -1.49. The van der Waals surface area contributed by atoms with Crippen molar-refractivity contribution < 1.29 is 33.3 Å². The first-order valence-corrected chi connectivity index (χ1v) is 23.4. The number of hydrogen-bond acceptors (Lipinski definition) is 5. The van der Waals surface area contributed by atoms with Gasteiger partial charge in [0.25, 0.3) is 0 Å². The maximum Gasteiger partial charge on any atom is 0.151 e. The van der Waals surface area contributed by atoms with Crippen LogP contribution >= 0.6 is 0 Å². The zero-order valence-electron chi connectivity index (χ0n) is 35.0. The number of aryl methyl sites for hydroxylation is 2. The number of rotatable bonds is 6. The van der Waals surface area contributed by atoms with Crippen molar-refractivity contribution in [2.75, 3.05) is 0 Å². The van der Waals surface area contributed by atoms with Crippen LogP contribution in [0.15, 0.2) is 118 Å². The molecule has 0 saturated heterocycles. The monoisotopic (exact) mass is 974 g/mol. The second-order valence-electron chi connectivity index (χ2n) is 17.6. The molecule has 0 aliphatic heterocycles. The summed E-state index contributed by atoms with van der Waals surface area (Å²) in [5, 5.41) is 5.57. The molecule has 0 amide bonds. The van der Waals surface area contributed by atoms with Crippen molar-refractivity contribution in [1.29, 1.82) is 0 Å². The molecule has 5 heterocycles. The van der Waals surface area contributed by atoms with E-state index in [9.17, 15) is 4.39 Å². The molecule has 5 nitrogen and oxygen atoms in total. The smallest absolute Gasteiger partial charge is 0.151 e. The second kappa shape index (κ2) is 16.4. The molecule has 1 unspecified atom stereocenters. The van der Waals surface area contributed by atoms with Crippen molar-refractivity contribution in [2.24, 2.45) is 5.41 Å². The number of aromatic nitrogens is 3. The number of benzene rings is 4. The Hall–Kier alpha value is -5.27. The Kier molecular flexibility index (Phi) is 11.6. The molecule has 0 saturated carbocycles. The molecular formula is C51H48FIrN3O2Si-2. The maximum atomic E-state index is 14.4. The number of furan rings is 2. The van der Waals surface area contributed by atoms with Crippen LogP contribution in [-0.2, 0) is 26.5 Å². The minimum absolute atomic E-state index is 0. The minimum Gasteiger partial charge on any atom is -0.499 e. The van der Waals surface area contributed by atoms with Crippen LogP contribution in [-0.4, -0.2) is 23.0 Å². The van der Waals surface area contributed by atoms with Crippen LogP contribution < -0.4 is 5.19 Å². The molecule has 0 N–H and O–H groups in total. The Balaban J connectivity index is 0.000000193. The van der Waals surface area contributed by atoms with Crippen LogP contribution in [0.1, 0.15) is 61.7 Å². The van der Waals surface area contributed by atoms with Crippen LogP contribution in [0.3, 0.4) is 0 Å². The number of pyridine rings is 3. The van der Waals surface area contributed by atoms with E-state index in [4.69, 9.17) is 18.8 Å². The average Bonchev–Trinajstić information content (AvgIpc) is 3.76. The van der Waals surface area contributed by atoms with Crippen molar-refractivity contribution in [3.63, 3.8) is 0 Å². The molecule has 0 bridgehead atoms. The van der Waals surface area contributed by atoms with E-state index in [1.807, 2.05) is 43.5 Å². The normalized spacial score (nSPS) is 12.4. The zero-order chi connectivity index (χ0) is 40.9. The van der Waals surface area contributed by atoms with Gasteiger partial charge in [0, 0.05) is 59.9 Å². The summed E-state index contributed by atoms with van der Waals surface area (Å²) < 4.78 is 27.0. The molecule has 301 valence electrons. The predicted molar refractivity (Wildman–Crippen MR) is 239 cm³/mol. The van der Waals surface area contributed by atoms with Crippen LogP contribution in [0.4, 0.5) is 4.39 Å². The van der Waals surface area contributed by atoms with Gasteiger partial charge in [-0.2, -0.15) is 0 Å². The molecule has 4 aromatic carbocycles. The van der Waals surface area contributed by atoms with Crippen molar-refractivity contribution in [3.8, 4) is 22.5 Å². The van der Waals surface area contributed by atoms with E-state index in [2.05, 4.69) is 119 Å². The SMILES string of the molecule is Cc1cc2c(oc3c(-c4cc5c(cn4)oc4ccccc45)[c-]ccc32)c(C(C)c2ccccc2)n1.Cc1cc[c-]c(-c2cc(CC(C)(C)C)c([Si](C)(C)C)cn2)c1F.[Ir]. The predicted octanol–water partition coefficient (Wildman–Crippen LogP) is 13.3. The second-order valence-corrected chi connectivity index (χ2v) is 22.6. The average molecular weight is 974 g/mol. The summed E-state index contributed by atoms with van der Waals surface area (Å²) >= 11 is 0. The van der Waals surface area contributed by atoms with Gasteiger partial charge >= 0.3 is 0 Å². The van der Waals surface area contributed by atoms with E-state index in [1.165, 1.54) is 16.3 Å². The summed E-state index contributed by atoms with van der Waals surface area (Å²) in [6, 6.07) is 38.6. The van der Waals surface area contributed by atoms with Gasteiger partial charge in [-0.25, -0.2) is 0 Å².